The van der Waals surface area contributed by atoms with Gasteiger partial charge in [0.25, 0.3) is 5.69 Å². The normalized spacial score (nSPS) is 10.8. The van der Waals surface area contributed by atoms with Gasteiger partial charge in [-0.05, 0) is 17.7 Å². The Labute approximate surface area is 175 Å². The molecule has 0 unspecified atom stereocenters. The Bertz CT molecular complexity index is 1210. The van der Waals surface area contributed by atoms with E-state index in [1.807, 2.05) is 30.3 Å². The molecule has 0 radical (unpaired) electrons. The number of hydrogen-bond donors (Lipinski definition) is 1. The molecule has 0 fully saturated rings. The number of non-ortho nitro benzene ring substituents is 1. The molecule has 9 nitrogen and oxygen atoms in total. The summed E-state index contributed by atoms with van der Waals surface area (Å²) < 4.78 is 1.53. The minimum Gasteiger partial charge on any atom is -0.351 e. The lowest BCUT2D eigenvalue weighted by atomic mass is 10.1. The van der Waals surface area contributed by atoms with E-state index in [4.69, 9.17) is 0 Å². The molecule has 4 rings (SSSR count). The summed E-state index contributed by atoms with van der Waals surface area (Å²) >= 11 is 1.22. The summed E-state index contributed by atoms with van der Waals surface area (Å²) in [5.41, 5.74) is 2.68. The second-order valence-electron chi connectivity index (χ2n) is 6.33. The van der Waals surface area contributed by atoms with Gasteiger partial charge in [0.15, 0.2) is 5.65 Å². The highest BCUT2D eigenvalue weighted by molar-refractivity contribution is 7.99. The van der Waals surface area contributed by atoms with Gasteiger partial charge in [-0.1, -0.05) is 54.2 Å². The zero-order valence-electron chi connectivity index (χ0n) is 15.6. The lowest BCUT2D eigenvalue weighted by molar-refractivity contribution is -0.384. The zero-order valence-corrected chi connectivity index (χ0v) is 16.5. The smallest absolute Gasteiger partial charge is 0.270 e. The summed E-state index contributed by atoms with van der Waals surface area (Å²) in [4.78, 5) is 22.7. The maximum Gasteiger partial charge on any atom is 0.270 e. The summed E-state index contributed by atoms with van der Waals surface area (Å²) in [6.45, 7) is 0.454. The van der Waals surface area contributed by atoms with Gasteiger partial charge < -0.3 is 5.32 Å². The summed E-state index contributed by atoms with van der Waals surface area (Å²) in [6.07, 6.45) is 0. The van der Waals surface area contributed by atoms with Crippen LogP contribution < -0.4 is 5.32 Å². The van der Waals surface area contributed by atoms with Crippen molar-refractivity contribution in [3.05, 3.63) is 82.4 Å². The van der Waals surface area contributed by atoms with Crippen molar-refractivity contribution in [2.24, 2.45) is 0 Å². The molecule has 0 saturated carbocycles. The van der Waals surface area contributed by atoms with Crippen LogP contribution >= 0.6 is 11.8 Å². The number of aromatic nitrogens is 4. The van der Waals surface area contributed by atoms with Crippen LogP contribution in [-0.2, 0) is 11.3 Å². The van der Waals surface area contributed by atoms with Crippen molar-refractivity contribution in [1.82, 2.24) is 25.1 Å². The van der Waals surface area contributed by atoms with Crippen LogP contribution in [0.15, 0.2) is 71.9 Å². The molecule has 2 aromatic carbocycles. The molecule has 1 amide bonds. The first-order chi connectivity index (χ1) is 14.6. The quantitative estimate of drug-likeness (QED) is 0.277. The lowest BCUT2D eigenvalue weighted by Crippen LogP contribution is -2.24. The Morgan fingerprint density at radius 3 is 2.70 bits per heavy atom. The average molecular weight is 420 g/mol. The number of amides is 1. The van der Waals surface area contributed by atoms with Gasteiger partial charge in [0, 0.05) is 24.2 Å². The summed E-state index contributed by atoms with van der Waals surface area (Å²) in [7, 11) is 0. The molecule has 2 heterocycles. The van der Waals surface area contributed by atoms with E-state index in [2.05, 4.69) is 20.6 Å². The summed E-state index contributed by atoms with van der Waals surface area (Å²) in [5.74, 6) is 0.0338. The molecule has 4 aromatic rings. The van der Waals surface area contributed by atoms with Gasteiger partial charge >= 0.3 is 0 Å². The van der Waals surface area contributed by atoms with Crippen LogP contribution in [0.3, 0.4) is 0 Å². The largest absolute Gasteiger partial charge is 0.351 e. The Kier molecular flexibility index (Phi) is 5.66. The molecule has 0 saturated heterocycles. The minimum absolute atomic E-state index is 0.0113. The number of benzene rings is 2. The van der Waals surface area contributed by atoms with Crippen molar-refractivity contribution in [3.63, 3.8) is 0 Å². The summed E-state index contributed by atoms with van der Waals surface area (Å²) in [5, 5.41) is 27.0. The Morgan fingerprint density at radius 2 is 1.90 bits per heavy atom. The number of carbonyl (C=O) groups is 1. The van der Waals surface area contributed by atoms with E-state index >= 15 is 0 Å². The third kappa shape index (κ3) is 4.44. The molecule has 2 aromatic heterocycles. The third-order valence-electron chi connectivity index (χ3n) is 4.25. The highest BCUT2D eigenvalue weighted by Gasteiger charge is 2.13. The fraction of sp³-hybridized carbons (Fsp3) is 0.100. The van der Waals surface area contributed by atoms with Crippen molar-refractivity contribution in [1.29, 1.82) is 0 Å². The van der Waals surface area contributed by atoms with Gasteiger partial charge in [-0.3, -0.25) is 14.9 Å². The van der Waals surface area contributed by atoms with E-state index in [1.165, 1.54) is 28.4 Å². The third-order valence-corrected chi connectivity index (χ3v) is 5.17. The van der Waals surface area contributed by atoms with Gasteiger partial charge in [0.05, 0.1) is 16.4 Å². The molecule has 0 spiro atoms. The Balaban J connectivity index is 1.47. The topological polar surface area (TPSA) is 115 Å². The SMILES string of the molecule is O=C(CSc1nnc2ccc(-c3cccc([N+](=O)[O-])c3)nn12)NCc1ccccc1. The van der Waals surface area contributed by atoms with Crippen molar-refractivity contribution in [2.75, 3.05) is 5.75 Å². The molecule has 0 aliphatic rings. The van der Waals surface area contributed by atoms with E-state index in [1.54, 1.807) is 24.3 Å². The Hall–Kier alpha value is -3.79. The number of nitro benzene ring substituents is 1. The summed E-state index contributed by atoms with van der Waals surface area (Å²) in [6, 6.07) is 19.3. The molecule has 0 atom stereocenters. The number of rotatable bonds is 7. The maximum absolute atomic E-state index is 12.2. The monoisotopic (exact) mass is 420 g/mol. The highest BCUT2D eigenvalue weighted by Crippen LogP contribution is 2.23. The molecule has 0 aliphatic heterocycles. The first-order valence-electron chi connectivity index (χ1n) is 9.01. The van der Waals surface area contributed by atoms with Crippen LogP contribution in [0, 0.1) is 10.1 Å². The second kappa shape index (κ2) is 8.70. The van der Waals surface area contributed by atoms with Crippen LogP contribution in [0.25, 0.3) is 16.9 Å². The molecule has 1 N–H and O–H groups in total. The first kappa shape index (κ1) is 19.5. The van der Waals surface area contributed by atoms with E-state index in [9.17, 15) is 14.9 Å². The van der Waals surface area contributed by atoms with E-state index in [0.29, 0.717) is 28.6 Å². The van der Waals surface area contributed by atoms with Crippen molar-refractivity contribution < 1.29 is 9.72 Å². The zero-order chi connectivity index (χ0) is 20.9. The van der Waals surface area contributed by atoms with Crippen LogP contribution in [0.4, 0.5) is 5.69 Å². The number of nitro groups is 1. The minimum atomic E-state index is -0.448. The van der Waals surface area contributed by atoms with E-state index < -0.39 is 4.92 Å². The van der Waals surface area contributed by atoms with Crippen LogP contribution in [0.1, 0.15) is 5.56 Å². The fourth-order valence-electron chi connectivity index (χ4n) is 2.77. The van der Waals surface area contributed by atoms with Gasteiger partial charge in [-0.25, -0.2) is 0 Å². The molecule has 30 heavy (non-hydrogen) atoms. The molecule has 0 bridgehead atoms. The van der Waals surface area contributed by atoms with Crippen molar-refractivity contribution in [2.45, 2.75) is 11.7 Å². The molecule has 0 aliphatic carbocycles. The number of nitrogens with zero attached hydrogens (tertiary/aromatic N) is 5. The van der Waals surface area contributed by atoms with Gasteiger partial charge in [0.1, 0.15) is 0 Å². The van der Waals surface area contributed by atoms with Crippen LogP contribution in [-0.4, -0.2) is 36.4 Å². The van der Waals surface area contributed by atoms with Gasteiger partial charge in [0.2, 0.25) is 11.1 Å². The number of hydrogen-bond acceptors (Lipinski definition) is 7. The van der Waals surface area contributed by atoms with Crippen LogP contribution in [0.2, 0.25) is 0 Å². The second-order valence-corrected chi connectivity index (χ2v) is 7.27. The lowest BCUT2D eigenvalue weighted by Gasteiger charge is -2.05. The predicted octanol–water partition coefficient (Wildman–Crippen LogP) is 3.11. The first-order valence-corrected chi connectivity index (χ1v) is 9.99. The average Bonchev–Trinajstić information content (AvgIpc) is 3.19. The number of thioether (sulfide) groups is 1. The van der Waals surface area contributed by atoms with Gasteiger partial charge in [-0.15, -0.1) is 10.2 Å². The Morgan fingerprint density at radius 1 is 1.07 bits per heavy atom. The van der Waals surface area contributed by atoms with E-state index in [-0.39, 0.29) is 17.3 Å². The predicted molar refractivity (Wildman–Crippen MR) is 112 cm³/mol. The fourth-order valence-corrected chi connectivity index (χ4v) is 3.49. The molecular formula is C20H16N6O3S. The van der Waals surface area contributed by atoms with E-state index in [0.717, 1.165) is 5.56 Å². The van der Waals surface area contributed by atoms with Crippen LogP contribution in [0.5, 0.6) is 0 Å². The molecule has 10 heteroatoms. The standard InChI is InChI=1S/C20H16N6O3S/c27-19(21-12-14-5-2-1-3-6-14)13-30-20-23-22-18-10-9-17(24-25(18)20)15-7-4-8-16(11-15)26(28)29/h1-11H,12-13H2,(H,21,27). The van der Waals surface area contributed by atoms with Crippen molar-refractivity contribution in [3.8, 4) is 11.3 Å². The maximum atomic E-state index is 12.2. The van der Waals surface area contributed by atoms with Crippen molar-refractivity contribution >= 4 is 29.0 Å². The number of nitrogens with one attached hydrogen (secondary N) is 1. The molecule has 150 valence electrons. The highest BCUT2D eigenvalue weighted by atomic mass is 32.2. The van der Waals surface area contributed by atoms with Gasteiger partial charge in [-0.2, -0.15) is 9.61 Å². The number of fused-ring (bicyclic) bond motifs is 1. The number of carbonyl (C=O) groups excluding carboxylic acids is 1. The molecular weight excluding hydrogens is 404 g/mol.